The van der Waals surface area contributed by atoms with Crippen LogP contribution in [0.1, 0.15) is 5.56 Å². The first kappa shape index (κ1) is 21.2. The van der Waals surface area contributed by atoms with Gasteiger partial charge < -0.3 is 20.4 Å². The van der Waals surface area contributed by atoms with Crippen LogP contribution < -0.4 is 20.4 Å². The summed E-state index contributed by atoms with van der Waals surface area (Å²) in [5, 5.41) is 6.25. The van der Waals surface area contributed by atoms with Crippen LogP contribution in [0.15, 0.2) is 42.5 Å². The minimum Gasteiger partial charge on any atom is -0.321 e. The van der Waals surface area contributed by atoms with E-state index in [4.69, 9.17) is 11.6 Å². The first-order chi connectivity index (χ1) is 13.9. The molecule has 1 aliphatic rings. The van der Waals surface area contributed by atoms with E-state index in [2.05, 4.69) is 10.6 Å². The molecule has 1 fully saturated rings. The number of piperazine rings is 1. The van der Waals surface area contributed by atoms with E-state index < -0.39 is 0 Å². The molecular weight excluding hydrogens is 395 g/mol. The molecule has 0 radical (unpaired) electrons. The van der Waals surface area contributed by atoms with Crippen LogP contribution in [0.2, 0.25) is 5.02 Å². The van der Waals surface area contributed by atoms with Crippen LogP contribution in [-0.2, 0) is 9.59 Å². The summed E-state index contributed by atoms with van der Waals surface area (Å²) in [4.78, 5) is 26.9. The fraction of sp³-hybridized carbons (Fsp3) is 0.333. The van der Waals surface area contributed by atoms with Gasteiger partial charge in [0.25, 0.3) is 11.8 Å². The van der Waals surface area contributed by atoms with E-state index in [9.17, 15) is 14.0 Å². The fourth-order valence-electron chi connectivity index (χ4n) is 3.46. The second kappa shape index (κ2) is 9.82. The van der Waals surface area contributed by atoms with E-state index in [0.717, 1.165) is 42.3 Å². The highest BCUT2D eigenvalue weighted by atomic mass is 35.5. The van der Waals surface area contributed by atoms with Gasteiger partial charge in [0.15, 0.2) is 13.1 Å². The number of anilines is 2. The average molecular weight is 421 g/mol. The van der Waals surface area contributed by atoms with E-state index >= 15 is 0 Å². The molecule has 2 aromatic rings. The predicted octanol–water partition coefficient (Wildman–Crippen LogP) is 0.148. The van der Waals surface area contributed by atoms with Crippen molar-refractivity contribution < 1.29 is 23.8 Å². The van der Waals surface area contributed by atoms with E-state index in [1.165, 1.54) is 17.0 Å². The average Bonchev–Trinajstić information content (AvgIpc) is 2.66. The molecule has 0 aliphatic carbocycles. The van der Waals surface area contributed by atoms with Gasteiger partial charge in [0.1, 0.15) is 32.0 Å². The van der Waals surface area contributed by atoms with Crippen LogP contribution in [0.4, 0.5) is 15.8 Å². The molecule has 1 saturated heterocycles. The number of hydrogen-bond acceptors (Lipinski definition) is 2. The van der Waals surface area contributed by atoms with Crippen molar-refractivity contribution in [2.45, 2.75) is 6.92 Å². The van der Waals surface area contributed by atoms with E-state index in [1.54, 1.807) is 24.3 Å². The van der Waals surface area contributed by atoms with Gasteiger partial charge >= 0.3 is 0 Å². The summed E-state index contributed by atoms with van der Waals surface area (Å²) in [5.74, 6) is -0.556. The Morgan fingerprint density at radius 2 is 1.59 bits per heavy atom. The summed E-state index contributed by atoms with van der Waals surface area (Å²) in [6.45, 7) is 5.86. The Kier molecular flexibility index (Phi) is 7.19. The lowest BCUT2D eigenvalue weighted by molar-refractivity contribution is -1.00. The Balaban J connectivity index is 1.41. The van der Waals surface area contributed by atoms with Gasteiger partial charge in [-0.15, -0.1) is 0 Å². The third-order valence-electron chi connectivity index (χ3n) is 5.07. The number of carbonyl (C=O) groups is 2. The van der Waals surface area contributed by atoms with Crippen molar-refractivity contribution in [2.75, 3.05) is 49.9 Å². The van der Waals surface area contributed by atoms with Crippen molar-refractivity contribution in [3.8, 4) is 0 Å². The van der Waals surface area contributed by atoms with Gasteiger partial charge in [0.2, 0.25) is 0 Å². The Morgan fingerprint density at radius 1 is 0.966 bits per heavy atom. The van der Waals surface area contributed by atoms with Gasteiger partial charge in [-0.2, -0.15) is 0 Å². The normalized spacial score (nSPS) is 18.9. The largest absolute Gasteiger partial charge is 0.321 e. The molecule has 0 aromatic heterocycles. The van der Waals surface area contributed by atoms with E-state index in [1.807, 2.05) is 13.0 Å². The molecule has 0 atom stereocenters. The number of carbonyl (C=O) groups excluding carboxylic acids is 2. The number of halogens is 2. The number of amides is 2. The van der Waals surface area contributed by atoms with Crippen LogP contribution >= 0.6 is 11.6 Å². The molecule has 0 unspecified atom stereocenters. The van der Waals surface area contributed by atoms with Crippen LogP contribution in [-0.4, -0.2) is 51.1 Å². The lowest BCUT2D eigenvalue weighted by atomic mass is 10.2. The molecule has 8 heteroatoms. The molecule has 2 aromatic carbocycles. The molecule has 1 heterocycles. The molecular formula is C21H26ClFN4O2+2. The molecule has 1 aliphatic heterocycles. The maximum atomic E-state index is 13.2. The second-order valence-electron chi connectivity index (χ2n) is 7.42. The lowest BCUT2D eigenvalue weighted by Gasteiger charge is -2.29. The standard InChI is InChI=1S/C21H24ClFN4O2/c1-15-5-6-16(22)11-19(15)25-21(29)14-27-9-7-26(8-10-27)13-20(28)24-18-4-2-3-17(23)12-18/h2-6,11-12H,7-10,13-14H2,1H3,(H,24,28)(H,25,29)/p+2. The molecule has 4 N–H and O–H groups in total. The highest BCUT2D eigenvalue weighted by Crippen LogP contribution is 2.19. The molecule has 0 spiro atoms. The number of quaternary nitrogens is 2. The van der Waals surface area contributed by atoms with Gasteiger partial charge in [-0.25, -0.2) is 4.39 Å². The minimum atomic E-state index is -0.376. The quantitative estimate of drug-likeness (QED) is 0.537. The highest BCUT2D eigenvalue weighted by Gasteiger charge is 2.26. The Labute approximate surface area is 174 Å². The van der Waals surface area contributed by atoms with Crippen molar-refractivity contribution >= 4 is 34.8 Å². The summed E-state index contributed by atoms with van der Waals surface area (Å²) in [5.41, 5.74) is 2.17. The Morgan fingerprint density at radius 3 is 2.21 bits per heavy atom. The number of hydrogen-bond donors (Lipinski definition) is 4. The summed E-state index contributed by atoms with van der Waals surface area (Å²) in [7, 11) is 0. The van der Waals surface area contributed by atoms with Gasteiger partial charge in [0.05, 0.1) is 0 Å². The molecule has 6 nitrogen and oxygen atoms in total. The third kappa shape index (κ3) is 6.52. The van der Waals surface area contributed by atoms with Gasteiger partial charge in [0, 0.05) is 16.4 Å². The zero-order valence-electron chi connectivity index (χ0n) is 16.4. The molecule has 2 amide bonds. The Hall–Kier alpha value is -2.48. The monoisotopic (exact) mass is 420 g/mol. The van der Waals surface area contributed by atoms with Crippen molar-refractivity contribution in [3.63, 3.8) is 0 Å². The van der Waals surface area contributed by atoms with Crippen molar-refractivity contribution in [1.82, 2.24) is 0 Å². The van der Waals surface area contributed by atoms with Crippen LogP contribution in [0, 0.1) is 12.7 Å². The van der Waals surface area contributed by atoms with Crippen molar-refractivity contribution in [1.29, 1.82) is 0 Å². The van der Waals surface area contributed by atoms with Gasteiger partial charge in [-0.3, -0.25) is 9.59 Å². The molecule has 0 bridgehead atoms. The van der Waals surface area contributed by atoms with Gasteiger partial charge in [-0.1, -0.05) is 23.7 Å². The topological polar surface area (TPSA) is 67.1 Å². The number of nitrogens with one attached hydrogen (secondary N) is 4. The zero-order valence-corrected chi connectivity index (χ0v) is 17.1. The number of aryl methyl sites for hydroxylation is 1. The maximum absolute atomic E-state index is 13.2. The summed E-state index contributed by atoms with van der Waals surface area (Å²) >= 11 is 6.00. The summed E-state index contributed by atoms with van der Waals surface area (Å²) in [6.07, 6.45) is 0. The number of rotatable bonds is 6. The minimum absolute atomic E-state index is 0.0438. The molecule has 154 valence electrons. The van der Waals surface area contributed by atoms with Crippen LogP contribution in [0.3, 0.4) is 0 Å². The van der Waals surface area contributed by atoms with Crippen molar-refractivity contribution in [2.24, 2.45) is 0 Å². The smallest absolute Gasteiger partial charge is 0.279 e. The van der Waals surface area contributed by atoms with E-state index in [0.29, 0.717) is 23.8 Å². The zero-order chi connectivity index (χ0) is 20.8. The highest BCUT2D eigenvalue weighted by molar-refractivity contribution is 6.31. The lowest BCUT2D eigenvalue weighted by Crippen LogP contribution is -3.28. The first-order valence-corrected chi connectivity index (χ1v) is 10.1. The Bertz CT molecular complexity index is 885. The van der Waals surface area contributed by atoms with Crippen LogP contribution in [0.5, 0.6) is 0 Å². The SMILES string of the molecule is Cc1ccc(Cl)cc1NC(=O)C[NH+]1CC[NH+](CC(=O)Nc2cccc(F)c2)CC1. The second-order valence-corrected chi connectivity index (χ2v) is 7.86. The van der Waals surface area contributed by atoms with E-state index in [-0.39, 0.29) is 17.6 Å². The molecule has 0 saturated carbocycles. The van der Waals surface area contributed by atoms with Crippen LogP contribution in [0.25, 0.3) is 0 Å². The third-order valence-corrected chi connectivity index (χ3v) is 5.30. The van der Waals surface area contributed by atoms with Gasteiger partial charge in [-0.05, 0) is 42.8 Å². The first-order valence-electron chi connectivity index (χ1n) is 9.67. The maximum Gasteiger partial charge on any atom is 0.279 e. The fourth-order valence-corrected chi connectivity index (χ4v) is 3.63. The predicted molar refractivity (Wildman–Crippen MR) is 111 cm³/mol. The molecule has 3 rings (SSSR count). The number of benzene rings is 2. The summed E-state index contributed by atoms with van der Waals surface area (Å²) < 4.78 is 13.2. The summed E-state index contributed by atoms with van der Waals surface area (Å²) in [6, 6.07) is 11.3. The van der Waals surface area contributed by atoms with Crippen molar-refractivity contribution in [3.05, 3.63) is 58.9 Å². The molecule has 29 heavy (non-hydrogen) atoms.